The summed E-state index contributed by atoms with van der Waals surface area (Å²) in [6, 6.07) is 7.47. The third kappa shape index (κ3) is 2.51. The summed E-state index contributed by atoms with van der Waals surface area (Å²) in [5.74, 6) is 0.264. The third-order valence-electron chi connectivity index (χ3n) is 2.41. The van der Waals surface area contributed by atoms with Crippen molar-refractivity contribution in [3.8, 4) is 0 Å². The molecular formula is C12H14N4O. The zero-order valence-electron chi connectivity index (χ0n) is 9.47. The molecular weight excluding hydrogens is 216 g/mol. The van der Waals surface area contributed by atoms with Gasteiger partial charge in [-0.2, -0.15) is 0 Å². The van der Waals surface area contributed by atoms with Gasteiger partial charge in [0.25, 0.3) is 5.56 Å². The second-order valence-electron chi connectivity index (χ2n) is 3.77. The Morgan fingerprint density at radius 2 is 2.18 bits per heavy atom. The molecule has 0 saturated heterocycles. The molecule has 0 aliphatic carbocycles. The van der Waals surface area contributed by atoms with Gasteiger partial charge in [0.05, 0.1) is 0 Å². The molecule has 0 bridgehead atoms. The molecule has 88 valence electrons. The number of hydrogen-bond acceptors (Lipinski definition) is 4. The van der Waals surface area contributed by atoms with Gasteiger partial charge in [0.15, 0.2) is 5.82 Å². The van der Waals surface area contributed by atoms with Crippen LogP contribution in [0.3, 0.4) is 0 Å². The summed E-state index contributed by atoms with van der Waals surface area (Å²) < 4.78 is 0. The highest BCUT2D eigenvalue weighted by atomic mass is 16.1. The smallest absolute Gasteiger partial charge is 0.291 e. The van der Waals surface area contributed by atoms with Gasteiger partial charge in [0, 0.05) is 24.1 Å². The van der Waals surface area contributed by atoms with Crippen molar-refractivity contribution in [2.75, 3.05) is 5.32 Å². The van der Waals surface area contributed by atoms with Crippen LogP contribution in [0.5, 0.6) is 0 Å². The summed E-state index contributed by atoms with van der Waals surface area (Å²) in [4.78, 5) is 18.0. The van der Waals surface area contributed by atoms with Gasteiger partial charge in [0.1, 0.15) is 0 Å². The van der Waals surface area contributed by atoms with Crippen LogP contribution in [0.25, 0.3) is 0 Å². The monoisotopic (exact) mass is 230 g/mol. The van der Waals surface area contributed by atoms with E-state index < -0.39 is 0 Å². The molecule has 0 saturated carbocycles. The molecule has 0 aliphatic heterocycles. The number of nitrogens with zero attached hydrogens (tertiary/aromatic N) is 1. The molecule has 0 aliphatic rings. The van der Waals surface area contributed by atoms with Crippen LogP contribution >= 0.6 is 0 Å². The molecule has 0 fully saturated rings. The van der Waals surface area contributed by atoms with Crippen LogP contribution in [0.15, 0.2) is 41.5 Å². The largest absolute Gasteiger partial charge is 0.335 e. The van der Waals surface area contributed by atoms with Crippen molar-refractivity contribution in [3.63, 3.8) is 0 Å². The summed E-state index contributed by atoms with van der Waals surface area (Å²) in [6.45, 7) is 1.89. The van der Waals surface area contributed by atoms with E-state index in [4.69, 9.17) is 5.73 Å². The van der Waals surface area contributed by atoms with E-state index in [0.29, 0.717) is 0 Å². The number of H-pyrrole nitrogens is 1. The summed E-state index contributed by atoms with van der Waals surface area (Å²) in [6.07, 6.45) is 3.02. The van der Waals surface area contributed by atoms with E-state index in [1.807, 2.05) is 31.2 Å². The quantitative estimate of drug-likeness (QED) is 0.746. The molecule has 1 unspecified atom stereocenters. The molecule has 5 heteroatoms. The summed E-state index contributed by atoms with van der Waals surface area (Å²) in [5.41, 5.74) is 7.34. The maximum Gasteiger partial charge on any atom is 0.291 e. The van der Waals surface area contributed by atoms with Gasteiger partial charge in [-0.05, 0) is 18.6 Å². The number of aromatic nitrogens is 2. The molecule has 17 heavy (non-hydrogen) atoms. The van der Waals surface area contributed by atoms with E-state index in [1.165, 1.54) is 12.4 Å². The lowest BCUT2D eigenvalue weighted by molar-refractivity contribution is 0.820. The van der Waals surface area contributed by atoms with Crippen LogP contribution < -0.4 is 16.6 Å². The standard InChI is InChI=1S/C12H14N4O/c1-8(13)9-4-2-3-5-10(9)16-11-12(17)15-7-6-14-11/h2-8H,13H2,1H3,(H,14,16)(H,15,17). The Hall–Kier alpha value is -2.14. The minimum absolute atomic E-state index is 0.110. The number of hydrogen-bond donors (Lipinski definition) is 3. The maximum absolute atomic E-state index is 11.5. The lowest BCUT2D eigenvalue weighted by atomic mass is 10.1. The van der Waals surface area contributed by atoms with E-state index in [0.717, 1.165) is 11.3 Å². The van der Waals surface area contributed by atoms with Crippen molar-refractivity contribution in [2.45, 2.75) is 13.0 Å². The van der Waals surface area contributed by atoms with E-state index in [9.17, 15) is 4.79 Å². The molecule has 4 N–H and O–H groups in total. The fraction of sp³-hybridized carbons (Fsp3) is 0.167. The van der Waals surface area contributed by atoms with Crippen LogP contribution in [0.4, 0.5) is 11.5 Å². The van der Waals surface area contributed by atoms with Crippen molar-refractivity contribution in [1.29, 1.82) is 0 Å². The van der Waals surface area contributed by atoms with Gasteiger partial charge in [0.2, 0.25) is 0 Å². The number of aromatic amines is 1. The third-order valence-corrected chi connectivity index (χ3v) is 2.41. The van der Waals surface area contributed by atoms with Gasteiger partial charge in [-0.3, -0.25) is 4.79 Å². The molecule has 5 nitrogen and oxygen atoms in total. The van der Waals surface area contributed by atoms with E-state index in [2.05, 4.69) is 15.3 Å². The Morgan fingerprint density at radius 3 is 2.88 bits per heavy atom. The van der Waals surface area contributed by atoms with E-state index in [1.54, 1.807) is 0 Å². The second-order valence-corrected chi connectivity index (χ2v) is 3.77. The molecule has 0 spiro atoms. The van der Waals surface area contributed by atoms with Crippen LogP contribution in [-0.4, -0.2) is 9.97 Å². The van der Waals surface area contributed by atoms with Crippen molar-refractivity contribution in [1.82, 2.24) is 9.97 Å². The van der Waals surface area contributed by atoms with Gasteiger partial charge in [-0.1, -0.05) is 18.2 Å². The Morgan fingerprint density at radius 1 is 1.41 bits per heavy atom. The number of nitrogens with two attached hydrogens (primary N) is 1. The van der Waals surface area contributed by atoms with E-state index in [-0.39, 0.29) is 17.4 Å². The summed E-state index contributed by atoms with van der Waals surface area (Å²) >= 11 is 0. The molecule has 2 rings (SSSR count). The Labute approximate surface area is 98.7 Å². The number of nitrogens with one attached hydrogen (secondary N) is 2. The predicted octanol–water partition coefficient (Wildman–Crippen LogP) is 1.53. The second kappa shape index (κ2) is 4.80. The van der Waals surface area contributed by atoms with Gasteiger partial charge < -0.3 is 16.0 Å². The Bertz CT molecular complexity index is 562. The lowest BCUT2D eigenvalue weighted by Crippen LogP contribution is -2.14. The molecule has 2 aromatic rings. The molecule has 1 aromatic heterocycles. The SMILES string of the molecule is CC(N)c1ccccc1Nc1ncc[nH]c1=O. The highest BCUT2D eigenvalue weighted by Gasteiger charge is 2.07. The maximum atomic E-state index is 11.5. The lowest BCUT2D eigenvalue weighted by Gasteiger charge is -2.13. The molecule has 1 heterocycles. The average Bonchev–Trinajstić information content (AvgIpc) is 2.32. The van der Waals surface area contributed by atoms with Crippen LogP contribution in [0.2, 0.25) is 0 Å². The number of para-hydroxylation sites is 1. The summed E-state index contributed by atoms with van der Waals surface area (Å²) in [5, 5.41) is 2.99. The number of rotatable bonds is 3. The van der Waals surface area contributed by atoms with E-state index >= 15 is 0 Å². The van der Waals surface area contributed by atoms with Gasteiger partial charge >= 0.3 is 0 Å². The molecule has 1 atom stereocenters. The molecule has 1 aromatic carbocycles. The topological polar surface area (TPSA) is 83.8 Å². The average molecular weight is 230 g/mol. The highest BCUT2D eigenvalue weighted by Crippen LogP contribution is 2.22. The number of benzene rings is 1. The first kappa shape index (κ1) is 11.3. The Balaban J connectivity index is 2.37. The van der Waals surface area contributed by atoms with Crippen molar-refractivity contribution >= 4 is 11.5 Å². The van der Waals surface area contributed by atoms with Crippen molar-refractivity contribution < 1.29 is 0 Å². The first-order valence-electron chi connectivity index (χ1n) is 5.33. The molecule has 0 radical (unpaired) electrons. The zero-order valence-corrected chi connectivity index (χ0v) is 9.47. The summed E-state index contributed by atoms with van der Waals surface area (Å²) in [7, 11) is 0. The highest BCUT2D eigenvalue weighted by molar-refractivity contribution is 5.60. The predicted molar refractivity (Wildman–Crippen MR) is 67.2 cm³/mol. The van der Waals surface area contributed by atoms with Crippen LogP contribution in [0, 0.1) is 0 Å². The number of anilines is 2. The van der Waals surface area contributed by atoms with Gasteiger partial charge in [-0.15, -0.1) is 0 Å². The first-order chi connectivity index (χ1) is 8.18. The van der Waals surface area contributed by atoms with Crippen molar-refractivity contribution in [2.24, 2.45) is 5.73 Å². The first-order valence-corrected chi connectivity index (χ1v) is 5.33. The van der Waals surface area contributed by atoms with Crippen LogP contribution in [-0.2, 0) is 0 Å². The van der Waals surface area contributed by atoms with Crippen LogP contribution in [0.1, 0.15) is 18.5 Å². The normalized spacial score (nSPS) is 12.1. The fourth-order valence-corrected chi connectivity index (χ4v) is 1.58. The van der Waals surface area contributed by atoms with Crippen molar-refractivity contribution in [3.05, 3.63) is 52.6 Å². The minimum atomic E-state index is -0.257. The minimum Gasteiger partial charge on any atom is -0.335 e. The van der Waals surface area contributed by atoms with Gasteiger partial charge in [-0.25, -0.2) is 4.98 Å². The fourth-order valence-electron chi connectivity index (χ4n) is 1.58. The molecule has 0 amide bonds. The Kier molecular flexibility index (Phi) is 3.20. The zero-order chi connectivity index (χ0) is 12.3.